The number of fused-ring (bicyclic) bond motifs is 1. The van der Waals surface area contributed by atoms with Crippen molar-refractivity contribution in [3.8, 4) is 0 Å². The van der Waals surface area contributed by atoms with Crippen LogP contribution < -0.4 is 5.73 Å². The first-order valence-electron chi connectivity index (χ1n) is 7.11. The third-order valence-corrected chi connectivity index (χ3v) is 4.67. The van der Waals surface area contributed by atoms with E-state index in [1.54, 1.807) is 12.1 Å². The summed E-state index contributed by atoms with van der Waals surface area (Å²) in [4.78, 5) is 14.5. The highest BCUT2D eigenvalue weighted by molar-refractivity contribution is 6.31. The summed E-state index contributed by atoms with van der Waals surface area (Å²) >= 11 is 6.01. The minimum Gasteiger partial charge on any atom is -0.451 e. The Hall–Kier alpha value is -1.52. The van der Waals surface area contributed by atoms with Crippen molar-refractivity contribution < 1.29 is 9.21 Å². The Kier molecular flexibility index (Phi) is 3.46. The molecule has 1 unspecified atom stereocenters. The van der Waals surface area contributed by atoms with E-state index >= 15 is 0 Å². The van der Waals surface area contributed by atoms with Gasteiger partial charge in [0.15, 0.2) is 5.76 Å². The predicted molar refractivity (Wildman–Crippen MR) is 83.6 cm³/mol. The fourth-order valence-corrected chi connectivity index (χ4v) is 3.08. The molecule has 21 heavy (non-hydrogen) atoms. The van der Waals surface area contributed by atoms with Gasteiger partial charge in [-0.2, -0.15) is 0 Å². The van der Waals surface area contributed by atoms with Crippen LogP contribution in [-0.4, -0.2) is 30.4 Å². The van der Waals surface area contributed by atoms with Crippen LogP contribution in [0, 0.1) is 12.3 Å². The van der Waals surface area contributed by atoms with Gasteiger partial charge in [0.05, 0.1) is 0 Å². The summed E-state index contributed by atoms with van der Waals surface area (Å²) in [5, 5.41) is 1.54. The smallest absolute Gasteiger partial charge is 0.289 e. The molecule has 0 saturated carbocycles. The largest absolute Gasteiger partial charge is 0.451 e. The number of furan rings is 1. The Balaban J connectivity index is 1.94. The Morgan fingerprint density at radius 3 is 2.95 bits per heavy atom. The van der Waals surface area contributed by atoms with E-state index in [1.807, 2.05) is 17.9 Å². The summed E-state index contributed by atoms with van der Waals surface area (Å²) in [6.45, 7) is 6.01. The summed E-state index contributed by atoms with van der Waals surface area (Å²) in [6.07, 6.45) is 0.931. The highest BCUT2D eigenvalue weighted by Gasteiger charge is 2.36. The van der Waals surface area contributed by atoms with Crippen LogP contribution in [0.3, 0.4) is 0 Å². The molecular formula is C16H19ClN2O2. The second-order valence-electron chi connectivity index (χ2n) is 6.19. The number of hydrogen-bond donors (Lipinski definition) is 1. The second-order valence-corrected chi connectivity index (χ2v) is 6.62. The first kappa shape index (κ1) is 14.4. The fourth-order valence-electron chi connectivity index (χ4n) is 2.90. The van der Waals surface area contributed by atoms with Crippen molar-refractivity contribution in [1.29, 1.82) is 0 Å². The molecule has 1 aliphatic rings. The van der Waals surface area contributed by atoms with Crippen LogP contribution in [0.1, 0.15) is 29.5 Å². The molecule has 1 saturated heterocycles. The van der Waals surface area contributed by atoms with Crippen molar-refractivity contribution in [2.24, 2.45) is 11.1 Å². The molecule has 112 valence electrons. The molecule has 1 atom stereocenters. The second kappa shape index (κ2) is 5.04. The zero-order chi connectivity index (χ0) is 15.2. The van der Waals surface area contributed by atoms with Crippen LogP contribution >= 0.6 is 11.6 Å². The van der Waals surface area contributed by atoms with E-state index in [0.717, 1.165) is 23.9 Å². The number of carbonyl (C=O) groups excluding carboxylic acids is 1. The SMILES string of the molecule is Cc1c(C(=O)N2CCC(C)(CN)C2)oc2ccc(Cl)cc12. The molecule has 0 radical (unpaired) electrons. The molecular weight excluding hydrogens is 288 g/mol. The molecule has 0 aliphatic carbocycles. The number of nitrogens with two attached hydrogens (primary N) is 1. The first-order valence-corrected chi connectivity index (χ1v) is 7.49. The number of carbonyl (C=O) groups is 1. The minimum absolute atomic E-state index is 0.0128. The van der Waals surface area contributed by atoms with Gasteiger partial charge in [-0.25, -0.2) is 0 Å². The number of halogens is 1. The van der Waals surface area contributed by atoms with E-state index in [-0.39, 0.29) is 11.3 Å². The van der Waals surface area contributed by atoms with Gasteiger partial charge in [0.1, 0.15) is 5.58 Å². The van der Waals surface area contributed by atoms with Gasteiger partial charge >= 0.3 is 0 Å². The molecule has 2 heterocycles. The van der Waals surface area contributed by atoms with Gasteiger partial charge in [0.25, 0.3) is 5.91 Å². The maximum Gasteiger partial charge on any atom is 0.289 e. The maximum atomic E-state index is 12.7. The lowest BCUT2D eigenvalue weighted by Gasteiger charge is -2.22. The molecule has 1 aliphatic heterocycles. The number of amides is 1. The summed E-state index contributed by atoms with van der Waals surface area (Å²) in [6, 6.07) is 5.40. The summed E-state index contributed by atoms with van der Waals surface area (Å²) in [5.41, 5.74) is 7.36. The molecule has 4 nitrogen and oxygen atoms in total. The molecule has 1 aromatic heterocycles. The lowest BCUT2D eigenvalue weighted by atomic mass is 9.90. The average Bonchev–Trinajstić information content (AvgIpc) is 3.01. The molecule has 1 fully saturated rings. The zero-order valence-corrected chi connectivity index (χ0v) is 13.0. The summed E-state index contributed by atoms with van der Waals surface area (Å²) < 4.78 is 5.75. The topological polar surface area (TPSA) is 59.5 Å². The summed E-state index contributed by atoms with van der Waals surface area (Å²) in [5.74, 6) is 0.352. The van der Waals surface area contributed by atoms with Gasteiger partial charge in [-0.3, -0.25) is 4.79 Å². The van der Waals surface area contributed by atoms with Crippen LogP contribution in [0.4, 0.5) is 0 Å². The van der Waals surface area contributed by atoms with E-state index in [2.05, 4.69) is 6.92 Å². The van der Waals surface area contributed by atoms with Gasteiger partial charge in [-0.15, -0.1) is 0 Å². The van der Waals surface area contributed by atoms with Crippen LogP contribution in [0.2, 0.25) is 5.02 Å². The lowest BCUT2D eigenvalue weighted by molar-refractivity contribution is 0.0746. The summed E-state index contributed by atoms with van der Waals surface area (Å²) in [7, 11) is 0. The van der Waals surface area contributed by atoms with Crippen molar-refractivity contribution in [3.05, 3.63) is 34.5 Å². The molecule has 2 aromatic rings. The maximum absolute atomic E-state index is 12.7. The van der Waals surface area contributed by atoms with Gasteiger partial charge in [0, 0.05) is 29.1 Å². The Morgan fingerprint density at radius 1 is 1.52 bits per heavy atom. The normalized spacial score (nSPS) is 22.2. The molecule has 5 heteroatoms. The van der Waals surface area contributed by atoms with E-state index in [4.69, 9.17) is 21.8 Å². The van der Waals surface area contributed by atoms with Gasteiger partial charge in [-0.1, -0.05) is 18.5 Å². The monoisotopic (exact) mass is 306 g/mol. The Bertz CT molecular complexity index is 710. The van der Waals surface area contributed by atoms with Crippen molar-refractivity contribution in [2.45, 2.75) is 20.3 Å². The predicted octanol–water partition coefficient (Wildman–Crippen LogP) is 3.21. The van der Waals surface area contributed by atoms with Gasteiger partial charge in [0.2, 0.25) is 0 Å². The number of likely N-dealkylation sites (tertiary alicyclic amines) is 1. The third-order valence-electron chi connectivity index (χ3n) is 4.43. The van der Waals surface area contributed by atoms with Crippen LogP contribution in [0.5, 0.6) is 0 Å². The Labute approximate surface area is 128 Å². The molecule has 2 N–H and O–H groups in total. The highest BCUT2D eigenvalue weighted by Crippen LogP contribution is 2.32. The van der Waals surface area contributed by atoms with Crippen molar-refractivity contribution in [2.75, 3.05) is 19.6 Å². The van der Waals surface area contributed by atoms with Gasteiger partial charge < -0.3 is 15.1 Å². The Morgan fingerprint density at radius 2 is 2.29 bits per heavy atom. The number of benzene rings is 1. The van der Waals surface area contributed by atoms with Crippen molar-refractivity contribution >= 4 is 28.5 Å². The zero-order valence-electron chi connectivity index (χ0n) is 12.3. The van der Waals surface area contributed by atoms with E-state index in [1.165, 1.54) is 0 Å². The molecule has 3 rings (SSSR count). The van der Waals surface area contributed by atoms with Crippen LogP contribution in [0.25, 0.3) is 11.0 Å². The van der Waals surface area contributed by atoms with Crippen LogP contribution in [-0.2, 0) is 0 Å². The van der Waals surface area contributed by atoms with E-state index in [9.17, 15) is 4.79 Å². The quantitative estimate of drug-likeness (QED) is 0.927. The minimum atomic E-state index is -0.0583. The first-order chi connectivity index (χ1) is 9.93. The molecule has 1 aromatic carbocycles. The molecule has 0 spiro atoms. The lowest BCUT2D eigenvalue weighted by Crippen LogP contribution is -2.34. The number of hydrogen-bond acceptors (Lipinski definition) is 3. The molecule has 1 amide bonds. The third kappa shape index (κ3) is 2.43. The van der Waals surface area contributed by atoms with Gasteiger partial charge in [-0.05, 0) is 43.5 Å². The van der Waals surface area contributed by atoms with E-state index in [0.29, 0.717) is 29.5 Å². The standard InChI is InChI=1S/C16H19ClN2O2/c1-10-12-7-11(17)3-4-13(12)21-14(10)15(20)19-6-5-16(2,8-18)9-19/h3-4,7H,5-6,8-9,18H2,1-2H3. The van der Waals surface area contributed by atoms with E-state index < -0.39 is 0 Å². The molecule has 0 bridgehead atoms. The highest BCUT2D eigenvalue weighted by atomic mass is 35.5. The number of aryl methyl sites for hydroxylation is 1. The van der Waals surface area contributed by atoms with Crippen molar-refractivity contribution in [1.82, 2.24) is 4.90 Å². The fraction of sp³-hybridized carbons (Fsp3) is 0.438. The number of nitrogens with zero attached hydrogens (tertiary/aromatic N) is 1. The van der Waals surface area contributed by atoms with Crippen molar-refractivity contribution in [3.63, 3.8) is 0 Å². The van der Waals surface area contributed by atoms with Crippen LogP contribution in [0.15, 0.2) is 22.6 Å². The number of rotatable bonds is 2. The average molecular weight is 307 g/mol.